The zero-order valence-corrected chi connectivity index (χ0v) is 18.3. The van der Waals surface area contributed by atoms with Crippen LogP contribution in [0, 0.1) is 5.92 Å². The van der Waals surface area contributed by atoms with E-state index in [0.29, 0.717) is 28.1 Å². The van der Waals surface area contributed by atoms with Crippen LogP contribution < -0.4 is 16.4 Å². The summed E-state index contributed by atoms with van der Waals surface area (Å²) in [5.41, 5.74) is 2.58. The SMILES string of the molecule is O=C(Nc1ccc(Br)cc1-c1noc(=O)[nH]1)c1cc2cccc(NC(=O)C3CCC3)c2[nH]1. The van der Waals surface area contributed by atoms with E-state index in [4.69, 9.17) is 0 Å². The van der Waals surface area contributed by atoms with Gasteiger partial charge in [0.25, 0.3) is 5.91 Å². The molecule has 0 unspecified atom stereocenters. The standard InChI is InChI=1S/C22H18BrN5O4/c23-13-7-8-15(14(10-13)19-27-22(31)32-28-19)25-21(30)17-9-12-5-2-6-16(18(12)24-17)26-20(29)11-3-1-4-11/h2,5-11,24H,1,3-4H2,(H,25,30)(H,26,29)(H,27,28,31). The number of benzene rings is 2. The molecule has 0 aliphatic heterocycles. The molecule has 162 valence electrons. The summed E-state index contributed by atoms with van der Waals surface area (Å²) in [7, 11) is 0. The molecule has 0 spiro atoms. The molecule has 2 heterocycles. The number of anilines is 2. The molecule has 0 atom stereocenters. The smallest absolute Gasteiger partial charge is 0.349 e. The average Bonchev–Trinajstić information content (AvgIpc) is 3.35. The van der Waals surface area contributed by atoms with Crippen LogP contribution >= 0.6 is 15.9 Å². The average molecular weight is 496 g/mol. The Labute approximate surface area is 189 Å². The highest BCUT2D eigenvalue weighted by atomic mass is 79.9. The molecule has 1 saturated carbocycles. The first-order valence-electron chi connectivity index (χ1n) is 10.1. The van der Waals surface area contributed by atoms with Crippen molar-refractivity contribution >= 4 is 50.0 Å². The van der Waals surface area contributed by atoms with Crippen molar-refractivity contribution in [3.8, 4) is 11.4 Å². The van der Waals surface area contributed by atoms with Crippen molar-refractivity contribution in [1.29, 1.82) is 0 Å². The molecule has 0 saturated heterocycles. The maximum absolute atomic E-state index is 13.0. The number of fused-ring (bicyclic) bond motifs is 1. The third-order valence-corrected chi connectivity index (χ3v) is 6.05. The Morgan fingerprint density at radius 2 is 1.91 bits per heavy atom. The summed E-state index contributed by atoms with van der Waals surface area (Å²) in [5.74, 6) is -0.812. The highest BCUT2D eigenvalue weighted by Crippen LogP contribution is 2.31. The third-order valence-electron chi connectivity index (χ3n) is 5.56. The number of carbonyl (C=O) groups excluding carboxylic acids is 2. The number of amides is 2. The van der Waals surface area contributed by atoms with E-state index in [-0.39, 0.29) is 23.6 Å². The van der Waals surface area contributed by atoms with Gasteiger partial charge >= 0.3 is 5.76 Å². The molecule has 1 aliphatic carbocycles. The van der Waals surface area contributed by atoms with Crippen molar-refractivity contribution in [2.75, 3.05) is 10.6 Å². The number of nitrogens with zero attached hydrogens (tertiary/aromatic N) is 1. The number of halogens is 1. The monoisotopic (exact) mass is 495 g/mol. The normalized spacial score (nSPS) is 13.7. The van der Waals surface area contributed by atoms with E-state index in [9.17, 15) is 14.4 Å². The summed E-state index contributed by atoms with van der Waals surface area (Å²) in [5, 5.41) is 10.3. The quantitative estimate of drug-likeness (QED) is 0.328. The molecule has 0 radical (unpaired) electrons. The number of aromatic nitrogens is 3. The van der Waals surface area contributed by atoms with E-state index in [2.05, 4.69) is 46.2 Å². The second kappa shape index (κ2) is 8.12. The fourth-order valence-corrected chi connectivity index (χ4v) is 4.01. The second-order valence-electron chi connectivity index (χ2n) is 7.66. The Morgan fingerprint density at radius 3 is 2.62 bits per heavy atom. The van der Waals surface area contributed by atoms with Gasteiger partial charge in [-0.05, 0) is 43.2 Å². The Hall–Kier alpha value is -3.66. The number of rotatable bonds is 5. The van der Waals surface area contributed by atoms with E-state index in [1.165, 1.54) is 0 Å². The van der Waals surface area contributed by atoms with Crippen molar-refractivity contribution in [3.05, 3.63) is 63.2 Å². The van der Waals surface area contributed by atoms with Crippen molar-refractivity contribution in [3.63, 3.8) is 0 Å². The van der Waals surface area contributed by atoms with E-state index < -0.39 is 5.76 Å². The summed E-state index contributed by atoms with van der Waals surface area (Å²) >= 11 is 3.38. The predicted molar refractivity (Wildman–Crippen MR) is 122 cm³/mol. The van der Waals surface area contributed by atoms with Gasteiger partial charge in [-0.2, -0.15) is 0 Å². The Bertz CT molecular complexity index is 1400. The molecule has 0 bridgehead atoms. The first-order valence-corrected chi connectivity index (χ1v) is 10.9. The molecule has 4 N–H and O–H groups in total. The van der Waals surface area contributed by atoms with Crippen LogP contribution in [0.15, 0.2) is 56.3 Å². The highest BCUT2D eigenvalue weighted by molar-refractivity contribution is 9.10. The largest absolute Gasteiger partial charge is 0.439 e. The van der Waals surface area contributed by atoms with Crippen LogP contribution in [0.1, 0.15) is 29.8 Å². The number of aromatic amines is 2. The lowest BCUT2D eigenvalue weighted by Gasteiger charge is -2.24. The van der Waals surface area contributed by atoms with Crippen LogP contribution in [0.4, 0.5) is 11.4 Å². The Morgan fingerprint density at radius 1 is 1.06 bits per heavy atom. The van der Waals surface area contributed by atoms with E-state index in [1.807, 2.05) is 18.2 Å². The van der Waals surface area contributed by atoms with Gasteiger partial charge in [0, 0.05) is 21.3 Å². The minimum atomic E-state index is -0.690. The predicted octanol–water partition coefficient (Wildman–Crippen LogP) is 4.26. The lowest BCUT2D eigenvalue weighted by Crippen LogP contribution is -2.28. The third kappa shape index (κ3) is 3.84. The fraction of sp³-hybridized carbons (Fsp3) is 0.182. The number of hydrogen-bond donors (Lipinski definition) is 4. The molecule has 2 aromatic heterocycles. The summed E-state index contributed by atoms with van der Waals surface area (Å²) in [6, 6.07) is 12.4. The van der Waals surface area contributed by atoms with Gasteiger partial charge in [0.05, 0.1) is 16.9 Å². The molecule has 4 aromatic rings. The zero-order valence-electron chi connectivity index (χ0n) is 16.7. The number of H-pyrrole nitrogens is 2. The molecule has 1 aliphatic rings. The van der Waals surface area contributed by atoms with E-state index >= 15 is 0 Å². The summed E-state index contributed by atoms with van der Waals surface area (Å²) in [6.07, 6.45) is 2.90. The van der Waals surface area contributed by atoms with Crippen LogP contribution in [0.5, 0.6) is 0 Å². The number of hydrogen-bond acceptors (Lipinski definition) is 5. The highest BCUT2D eigenvalue weighted by Gasteiger charge is 2.26. The first kappa shape index (κ1) is 20.3. The van der Waals surface area contributed by atoms with Gasteiger partial charge in [0.2, 0.25) is 5.91 Å². The van der Waals surface area contributed by atoms with Crippen LogP contribution in [-0.4, -0.2) is 26.9 Å². The van der Waals surface area contributed by atoms with Crippen molar-refractivity contribution in [2.24, 2.45) is 5.92 Å². The molecular weight excluding hydrogens is 478 g/mol. The van der Waals surface area contributed by atoms with Crippen LogP contribution in [0.3, 0.4) is 0 Å². The lowest BCUT2D eigenvalue weighted by molar-refractivity contribution is -0.122. The Balaban J connectivity index is 1.43. The van der Waals surface area contributed by atoms with E-state index in [0.717, 1.165) is 29.1 Å². The van der Waals surface area contributed by atoms with Crippen LogP contribution in [0.25, 0.3) is 22.3 Å². The van der Waals surface area contributed by atoms with Crippen molar-refractivity contribution < 1.29 is 14.1 Å². The van der Waals surface area contributed by atoms with Crippen molar-refractivity contribution in [2.45, 2.75) is 19.3 Å². The zero-order chi connectivity index (χ0) is 22.2. The van der Waals surface area contributed by atoms with Gasteiger partial charge < -0.3 is 15.6 Å². The minimum Gasteiger partial charge on any atom is -0.349 e. The van der Waals surface area contributed by atoms with Gasteiger partial charge in [0.15, 0.2) is 5.82 Å². The number of nitrogens with one attached hydrogen (secondary N) is 4. The van der Waals surface area contributed by atoms with Crippen LogP contribution in [-0.2, 0) is 4.79 Å². The van der Waals surface area contributed by atoms with Gasteiger partial charge in [0.1, 0.15) is 5.69 Å². The van der Waals surface area contributed by atoms with Gasteiger partial charge in [-0.15, -0.1) is 0 Å². The van der Waals surface area contributed by atoms with Gasteiger partial charge in [-0.1, -0.05) is 39.6 Å². The summed E-state index contributed by atoms with van der Waals surface area (Å²) in [6.45, 7) is 0. The molecule has 2 aromatic carbocycles. The van der Waals surface area contributed by atoms with E-state index in [1.54, 1.807) is 24.3 Å². The summed E-state index contributed by atoms with van der Waals surface area (Å²) in [4.78, 5) is 42.3. The topological polar surface area (TPSA) is 133 Å². The number of para-hydroxylation sites is 1. The number of carbonyl (C=O) groups is 2. The molecule has 9 nitrogen and oxygen atoms in total. The maximum Gasteiger partial charge on any atom is 0.439 e. The van der Waals surface area contributed by atoms with Crippen molar-refractivity contribution in [1.82, 2.24) is 15.1 Å². The van der Waals surface area contributed by atoms with Gasteiger partial charge in [-0.25, -0.2) is 4.79 Å². The second-order valence-corrected chi connectivity index (χ2v) is 8.57. The molecule has 1 fully saturated rings. The minimum absolute atomic E-state index is 0.00506. The molecular formula is C22H18BrN5O4. The first-order chi connectivity index (χ1) is 15.5. The summed E-state index contributed by atoms with van der Waals surface area (Å²) < 4.78 is 5.33. The Kier molecular flexibility index (Phi) is 5.14. The van der Waals surface area contributed by atoms with Gasteiger partial charge in [-0.3, -0.25) is 19.1 Å². The fourth-order valence-electron chi connectivity index (χ4n) is 3.64. The lowest BCUT2D eigenvalue weighted by atomic mass is 9.85. The molecule has 10 heteroatoms. The molecule has 32 heavy (non-hydrogen) atoms. The maximum atomic E-state index is 13.0. The molecule has 2 amide bonds. The van der Waals surface area contributed by atoms with Crippen LogP contribution in [0.2, 0.25) is 0 Å². The molecule has 5 rings (SSSR count).